The number of esters is 1. The maximum Gasteiger partial charge on any atom is 0.309 e. The minimum Gasteiger partial charge on any atom is -0.466 e. The molecule has 1 N–H and O–H groups in total. The summed E-state index contributed by atoms with van der Waals surface area (Å²) in [6.07, 6.45) is 1.26. The average molecular weight is 322 g/mol. The second-order valence-corrected chi connectivity index (χ2v) is 5.72. The van der Waals surface area contributed by atoms with Crippen LogP contribution in [-0.4, -0.2) is 43.0 Å². The van der Waals surface area contributed by atoms with E-state index in [1.807, 2.05) is 6.92 Å². The van der Waals surface area contributed by atoms with E-state index in [0.717, 1.165) is 5.56 Å². The first-order valence-electron chi connectivity index (χ1n) is 7.95. The SMILES string of the molecule is CCOC(=O)C1CCN(C(=O)CNc2cc(F)ccc2C)CC1. The molecule has 0 aromatic heterocycles. The number of hydrogen-bond donors (Lipinski definition) is 1. The summed E-state index contributed by atoms with van der Waals surface area (Å²) in [6.45, 7) is 5.25. The van der Waals surface area contributed by atoms with Crippen molar-refractivity contribution in [3.8, 4) is 0 Å². The van der Waals surface area contributed by atoms with Crippen LogP contribution in [0, 0.1) is 18.7 Å². The van der Waals surface area contributed by atoms with Gasteiger partial charge in [0.1, 0.15) is 5.82 Å². The fraction of sp³-hybridized carbons (Fsp3) is 0.529. The van der Waals surface area contributed by atoms with E-state index in [2.05, 4.69) is 5.32 Å². The number of nitrogens with one attached hydrogen (secondary N) is 1. The number of aryl methyl sites for hydroxylation is 1. The van der Waals surface area contributed by atoms with E-state index < -0.39 is 0 Å². The number of rotatable bonds is 5. The molecule has 5 nitrogen and oxygen atoms in total. The van der Waals surface area contributed by atoms with E-state index in [0.29, 0.717) is 38.2 Å². The fourth-order valence-corrected chi connectivity index (χ4v) is 2.69. The second-order valence-electron chi connectivity index (χ2n) is 5.72. The predicted octanol–water partition coefficient (Wildman–Crippen LogP) is 2.35. The Morgan fingerprint density at radius 1 is 1.35 bits per heavy atom. The first-order valence-corrected chi connectivity index (χ1v) is 7.95. The maximum absolute atomic E-state index is 13.2. The van der Waals surface area contributed by atoms with Crippen LogP contribution in [0.3, 0.4) is 0 Å². The molecule has 0 bridgehead atoms. The number of halogens is 1. The van der Waals surface area contributed by atoms with Gasteiger partial charge in [0.15, 0.2) is 0 Å². The molecule has 1 heterocycles. The molecule has 1 aliphatic heterocycles. The summed E-state index contributed by atoms with van der Waals surface area (Å²) >= 11 is 0. The quantitative estimate of drug-likeness (QED) is 0.846. The standard InChI is InChI=1S/C17H23FN2O3/c1-3-23-17(22)13-6-8-20(9-7-13)16(21)11-19-15-10-14(18)5-4-12(15)2/h4-5,10,13,19H,3,6-9,11H2,1-2H3. The molecule has 0 spiro atoms. The highest BCUT2D eigenvalue weighted by molar-refractivity contribution is 5.81. The highest BCUT2D eigenvalue weighted by atomic mass is 19.1. The zero-order valence-electron chi connectivity index (χ0n) is 13.6. The van der Waals surface area contributed by atoms with E-state index in [-0.39, 0.29) is 30.2 Å². The van der Waals surface area contributed by atoms with Gasteiger partial charge >= 0.3 is 5.97 Å². The van der Waals surface area contributed by atoms with Crippen molar-refractivity contribution in [2.75, 3.05) is 31.6 Å². The smallest absolute Gasteiger partial charge is 0.309 e. The molecule has 0 unspecified atom stereocenters. The highest BCUT2D eigenvalue weighted by Gasteiger charge is 2.27. The number of ether oxygens (including phenoxy) is 1. The molecule has 1 aliphatic rings. The van der Waals surface area contributed by atoms with Gasteiger partial charge in [-0.05, 0) is 44.4 Å². The molecule has 0 atom stereocenters. The van der Waals surface area contributed by atoms with Crippen molar-refractivity contribution in [2.24, 2.45) is 5.92 Å². The van der Waals surface area contributed by atoms with Crippen LogP contribution in [0.2, 0.25) is 0 Å². The Labute approximate surface area is 135 Å². The van der Waals surface area contributed by atoms with Crippen molar-refractivity contribution in [2.45, 2.75) is 26.7 Å². The normalized spacial score (nSPS) is 15.3. The molecular formula is C17H23FN2O3. The summed E-state index contributed by atoms with van der Waals surface area (Å²) in [5.74, 6) is -0.665. The Kier molecular flexibility index (Phi) is 5.96. The monoisotopic (exact) mass is 322 g/mol. The van der Waals surface area contributed by atoms with Crippen molar-refractivity contribution in [3.05, 3.63) is 29.6 Å². The summed E-state index contributed by atoms with van der Waals surface area (Å²) in [7, 11) is 0. The molecule has 0 saturated carbocycles. The van der Waals surface area contributed by atoms with Crippen LogP contribution >= 0.6 is 0 Å². The molecule has 1 aromatic carbocycles. The number of amides is 1. The molecule has 0 radical (unpaired) electrons. The molecular weight excluding hydrogens is 299 g/mol. The van der Waals surface area contributed by atoms with E-state index in [4.69, 9.17) is 4.74 Å². The third kappa shape index (κ3) is 4.68. The van der Waals surface area contributed by atoms with Gasteiger partial charge in [0.25, 0.3) is 0 Å². The molecule has 126 valence electrons. The van der Waals surface area contributed by atoms with Gasteiger partial charge in [0, 0.05) is 18.8 Å². The lowest BCUT2D eigenvalue weighted by Crippen LogP contribution is -2.43. The number of nitrogens with zero attached hydrogens (tertiary/aromatic N) is 1. The second kappa shape index (κ2) is 7.94. The van der Waals surface area contributed by atoms with Crippen LogP contribution in [0.25, 0.3) is 0 Å². The Morgan fingerprint density at radius 3 is 2.70 bits per heavy atom. The summed E-state index contributed by atoms with van der Waals surface area (Å²) < 4.78 is 18.2. The summed E-state index contributed by atoms with van der Waals surface area (Å²) in [5, 5.41) is 2.98. The van der Waals surface area contributed by atoms with Crippen molar-refractivity contribution in [3.63, 3.8) is 0 Å². The molecule has 1 amide bonds. The zero-order valence-corrected chi connectivity index (χ0v) is 13.6. The number of piperidine rings is 1. The molecule has 23 heavy (non-hydrogen) atoms. The summed E-state index contributed by atoms with van der Waals surface area (Å²) in [6, 6.07) is 4.45. The van der Waals surface area contributed by atoms with Crippen molar-refractivity contribution >= 4 is 17.6 Å². The molecule has 2 rings (SSSR count). The van der Waals surface area contributed by atoms with Crippen LogP contribution in [-0.2, 0) is 14.3 Å². The lowest BCUT2D eigenvalue weighted by molar-refractivity contribution is -0.151. The molecule has 6 heteroatoms. The van der Waals surface area contributed by atoms with E-state index in [1.54, 1.807) is 17.9 Å². The largest absolute Gasteiger partial charge is 0.466 e. The van der Waals surface area contributed by atoms with Crippen LogP contribution < -0.4 is 5.32 Å². The van der Waals surface area contributed by atoms with Gasteiger partial charge in [-0.2, -0.15) is 0 Å². The number of carbonyl (C=O) groups is 2. The van der Waals surface area contributed by atoms with E-state index in [1.165, 1.54) is 12.1 Å². The number of anilines is 1. The Bertz CT molecular complexity index is 569. The van der Waals surface area contributed by atoms with Gasteiger partial charge in [0.2, 0.25) is 5.91 Å². The summed E-state index contributed by atoms with van der Waals surface area (Å²) in [4.78, 5) is 25.6. The van der Waals surface area contributed by atoms with Crippen molar-refractivity contribution in [1.82, 2.24) is 4.90 Å². The average Bonchev–Trinajstić information content (AvgIpc) is 2.55. The maximum atomic E-state index is 13.2. The number of benzene rings is 1. The van der Waals surface area contributed by atoms with Crippen LogP contribution in [0.4, 0.5) is 10.1 Å². The number of likely N-dealkylation sites (tertiary alicyclic amines) is 1. The van der Waals surface area contributed by atoms with Crippen molar-refractivity contribution < 1.29 is 18.7 Å². The van der Waals surface area contributed by atoms with Gasteiger partial charge in [-0.1, -0.05) is 6.07 Å². The van der Waals surface area contributed by atoms with Crippen LogP contribution in [0.15, 0.2) is 18.2 Å². The topological polar surface area (TPSA) is 58.6 Å². The van der Waals surface area contributed by atoms with E-state index >= 15 is 0 Å². The highest BCUT2D eigenvalue weighted by Crippen LogP contribution is 2.19. The minimum atomic E-state index is -0.333. The molecule has 1 saturated heterocycles. The lowest BCUT2D eigenvalue weighted by atomic mass is 9.97. The molecule has 0 aliphatic carbocycles. The number of carbonyl (C=O) groups excluding carboxylic acids is 2. The molecule has 1 aromatic rings. The van der Waals surface area contributed by atoms with Crippen molar-refractivity contribution in [1.29, 1.82) is 0 Å². The van der Waals surface area contributed by atoms with Gasteiger partial charge < -0.3 is 15.0 Å². The van der Waals surface area contributed by atoms with Crippen LogP contribution in [0.5, 0.6) is 0 Å². The zero-order chi connectivity index (χ0) is 16.8. The first kappa shape index (κ1) is 17.2. The van der Waals surface area contributed by atoms with Gasteiger partial charge in [-0.3, -0.25) is 9.59 Å². The number of hydrogen-bond acceptors (Lipinski definition) is 4. The van der Waals surface area contributed by atoms with Gasteiger partial charge in [0.05, 0.1) is 19.1 Å². The lowest BCUT2D eigenvalue weighted by Gasteiger charge is -2.31. The first-order chi connectivity index (χ1) is 11.0. The molecule has 1 fully saturated rings. The Balaban J connectivity index is 1.81. The third-order valence-electron chi connectivity index (χ3n) is 4.10. The van der Waals surface area contributed by atoms with Crippen LogP contribution in [0.1, 0.15) is 25.3 Å². The Morgan fingerprint density at radius 2 is 2.04 bits per heavy atom. The van der Waals surface area contributed by atoms with Gasteiger partial charge in [-0.15, -0.1) is 0 Å². The van der Waals surface area contributed by atoms with Gasteiger partial charge in [-0.25, -0.2) is 4.39 Å². The third-order valence-corrected chi connectivity index (χ3v) is 4.10. The fourth-order valence-electron chi connectivity index (χ4n) is 2.69. The minimum absolute atomic E-state index is 0.0454. The predicted molar refractivity (Wildman–Crippen MR) is 85.6 cm³/mol. The summed E-state index contributed by atoms with van der Waals surface area (Å²) in [5.41, 5.74) is 1.51. The van der Waals surface area contributed by atoms with E-state index in [9.17, 15) is 14.0 Å². The Hall–Kier alpha value is -2.11.